The highest BCUT2D eigenvalue weighted by Crippen LogP contribution is 2.31. The van der Waals surface area contributed by atoms with Gasteiger partial charge in [-0.3, -0.25) is 4.79 Å². The average molecular weight is 290 g/mol. The number of methoxy groups -OCH3 is 1. The van der Waals surface area contributed by atoms with Crippen molar-refractivity contribution in [1.29, 1.82) is 0 Å². The summed E-state index contributed by atoms with van der Waals surface area (Å²) >= 11 is 0. The van der Waals surface area contributed by atoms with Crippen LogP contribution in [0.4, 0.5) is 0 Å². The predicted molar refractivity (Wildman–Crippen MR) is 82.6 cm³/mol. The van der Waals surface area contributed by atoms with Gasteiger partial charge in [0.2, 0.25) is 5.91 Å². The highest BCUT2D eigenvalue weighted by Gasteiger charge is 2.18. The molecule has 0 saturated heterocycles. The molecule has 0 saturated carbocycles. The van der Waals surface area contributed by atoms with Gasteiger partial charge in [-0.2, -0.15) is 0 Å². The molecule has 1 amide bonds. The first-order valence-corrected chi connectivity index (χ1v) is 7.07. The number of hydrogen-bond acceptors (Lipinski definition) is 4. The quantitative estimate of drug-likeness (QED) is 0.858. The summed E-state index contributed by atoms with van der Waals surface area (Å²) in [6.07, 6.45) is 0.452. The molecule has 0 bridgehead atoms. The fraction of sp³-hybridized carbons (Fsp3) is 0.438. The predicted octanol–water partition coefficient (Wildman–Crippen LogP) is 2.54. The highest BCUT2D eigenvalue weighted by molar-refractivity contribution is 5.84. The Balaban J connectivity index is 2.21. The van der Waals surface area contributed by atoms with Gasteiger partial charge in [0, 0.05) is 23.9 Å². The molecular weight excluding hydrogens is 268 g/mol. The highest BCUT2D eigenvalue weighted by atomic mass is 16.5. The number of furan rings is 1. The van der Waals surface area contributed by atoms with Crippen LogP contribution in [0, 0.1) is 6.92 Å². The first-order valence-electron chi connectivity index (χ1n) is 7.07. The maximum atomic E-state index is 11.8. The van der Waals surface area contributed by atoms with Crippen LogP contribution in [0.25, 0.3) is 11.0 Å². The second-order valence-electron chi connectivity index (χ2n) is 5.10. The second-order valence-corrected chi connectivity index (χ2v) is 5.10. The Kier molecular flexibility index (Phi) is 4.85. The fourth-order valence-electron chi connectivity index (χ4n) is 2.38. The van der Waals surface area contributed by atoms with Crippen LogP contribution >= 0.6 is 0 Å². The molecule has 0 aliphatic rings. The van der Waals surface area contributed by atoms with E-state index < -0.39 is 0 Å². The van der Waals surface area contributed by atoms with Crippen molar-refractivity contribution in [2.45, 2.75) is 26.3 Å². The maximum Gasteiger partial charge on any atom is 0.221 e. The third kappa shape index (κ3) is 3.36. The van der Waals surface area contributed by atoms with Crippen LogP contribution in [0.15, 0.2) is 22.6 Å². The van der Waals surface area contributed by atoms with Gasteiger partial charge in [0.15, 0.2) is 0 Å². The number of carbonyl (C=O) groups is 1. The van der Waals surface area contributed by atoms with Gasteiger partial charge in [0.1, 0.15) is 17.1 Å². The molecule has 2 rings (SSSR count). The fourth-order valence-corrected chi connectivity index (χ4v) is 2.38. The normalized spacial score (nSPS) is 12.4. The molecule has 1 heterocycles. The van der Waals surface area contributed by atoms with Gasteiger partial charge >= 0.3 is 0 Å². The van der Waals surface area contributed by atoms with Crippen molar-refractivity contribution in [2.24, 2.45) is 0 Å². The molecule has 0 fully saturated rings. The van der Waals surface area contributed by atoms with E-state index in [9.17, 15) is 4.79 Å². The third-order valence-electron chi connectivity index (χ3n) is 3.55. The minimum atomic E-state index is -0.159. The topological polar surface area (TPSA) is 63.5 Å². The Morgan fingerprint density at radius 2 is 2.19 bits per heavy atom. The smallest absolute Gasteiger partial charge is 0.221 e. The summed E-state index contributed by atoms with van der Waals surface area (Å²) in [5, 5.41) is 6.93. The number of benzene rings is 1. The number of amides is 1. The number of ether oxygens (including phenoxy) is 1. The number of aryl methyl sites for hydroxylation is 1. The molecule has 0 aliphatic carbocycles. The number of hydrogen-bond donors (Lipinski definition) is 2. The summed E-state index contributed by atoms with van der Waals surface area (Å²) in [5.74, 6) is 1.59. The van der Waals surface area contributed by atoms with Crippen molar-refractivity contribution < 1.29 is 13.9 Å². The number of nitrogens with one attached hydrogen (secondary N) is 2. The van der Waals surface area contributed by atoms with Gasteiger partial charge < -0.3 is 19.8 Å². The van der Waals surface area contributed by atoms with E-state index in [2.05, 4.69) is 10.6 Å². The lowest BCUT2D eigenvalue weighted by atomic mass is 10.1. The molecule has 5 heteroatoms. The summed E-state index contributed by atoms with van der Waals surface area (Å²) in [7, 11) is 3.47. The van der Waals surface area contributed by atoms with Gasteiger partial charge in [-0.15, -0.1) is 0 Å². The van der Waals surface area contributed by atoms with Crippen molar-refractivity contribution in [1.82, 2.24) is 10.6 Å². The monoisotopic (exact) mass is 290 g/mol. The number of fused-ring (bicyclic) bond motifs is 1. The Labute approximate surface area is 124 Å². The van der Waals surface area contributed by atoms with Gasteiger partial charge in [-0.1, -0.05) is 0 Å². The average Bonchev–Trinajstić information content (AvgIpc) is 2.81. The lowest BCUT2D eigenvalue weighted by Gasteiger charge is -2.12. The zero-order valence-corrected chi connectivity index (χ0v) is 12.9. The molecular formula is C16H22N2O3. The van der Waals surface area contributed by atoms with Gasteiger partial charge in [-0.05, 0) is 39.1 Å². The molecule has 1 aromatic carbocycles. The molecule has 1 aromatic heterocycles. The molecule has 114 valence electrons. The second kappa shape index (κ2) is 6.63. The number of rotatable bonds is 6. The van der Waals surface area contributed by atoms with Gasteiger partial charge in [0.05, 0.1) is 13.2 Å². The van der Waals surface area contributed by atoms with Crippen LogP contribution in [-0.2, 0) is 4.79 Å². The lowest BCUT2D eigenvalue weighted by Crippen LogP contribution is -2.29. The van der Waals surface area contributed by atoms with E-state index in [4.69, 9.17) is 9.15 Å². The van der Waals surface area contributed by atoms with Crippen LogP contribution in [0.5, 0.6) is 5.75 Å². The Morgan fingerprint density at radius 3 is 2.86 bits per heavy atom. The standard InChI is InChI=1S/C16H22N2O3/c1-10-13-9-12(20-4)5-6-14(13)21-16(10)11(2)18-15(19)7-8-17-3/h5-6,9,11,17H,7-8H2,1-4H3,(H,18,19). The minimum absolute atomic E-state index is 0.00860. The van der Waals surface area contributed by atoms with Gasteiger partial charge in [0.25, 0.3) is 0 Å². The largest absolute Gasteiger partial charge is 0.497 e. The first kappa shape index (κ1) is 15.4. The SMILES string of the molecule is CNCCC(=O)NC(C)c1oc2ccc(OC)cc2c1C. The Hall–Kier alpha value is -2.01. The van der Waals surface area contributed by atoms with Crippen LogP contribution in [0.1, 0.15) is 30.7 Å². The summed E-state index contributed by atoms with van der Waals surface area (Å²) in [6.45, 7) is 4.59. The van der Waals surface area contributed by atoms with E-state index in [0.717, 1.165) is 28.0 Å². The molecule has 2 aromatic rings. The zero-order chi connectivity index (χ0) is 15.4. The lowest BCUT2D eigenvalue weighted by molar-refractivity contribution is -0.121. The Bertz CT molecular complexity index is 634. The minimum Gasteiger partial charge on any atom is -0.497 e. The van der Waals surface area contributed by atoms with Crippen molar-refractivity contribution in [2.75, 3.05) is 20.7 Å². The molecule has 1 atom stereocenters. The van der Waals surface area contributed by atoms with E-state index in [0.29, 0.717) is 13.0 Å². The van der Waals surface area contributed by atoms with E-state index in [1.54, 1.807) is 7.11 Å². The summed E-state index contributed by atoms with van der Waals surface area (Å²) in [4.78, 5) is 11.8. The van der Waals surface area contributed by atoms with Crippen LogP contribution < -0.4 is 15.4 Å². The molecule has 1 unspecified atom stereocenters. The van der Waals surface area contributed by atoms with Crippen molar-refractivity contribution >= 4 is 16.9 Å². The third-order valence-corrected chi connectivity index (χ3v) is 3.55. The van der Waals surface area contributed by atoms with Crippen molar-refractivity contribution in [3.63, 3.8) is 0 Å². The zero-order valence-electron chi connectivity index (χ0n) is 12.9. The molecule has 21 heavy (non-hydrogen) atoms. The van der Waals surface area contributed by atoms with Gasteiger partial charge in [-0.25, -0.2) is 0 Å². The Morgan fingerprint density at radius 1 is 1.43 bits per heavy atom. The van der Waals surface area contributed by atoms with Crippen molar-refractivity contribution in [3.8, 4) is 5.75 Å². The molecule has 0 aliphatic heterocycles. The van der Waals surface area contributed by atoms with Crippen LogP contribution in [0.2, 0.25) is 0 Å². The molecule has 2 N–H and O–H groups in total. The van der Waals surface area contributed by atoms with E-state index in [1.807, 2.05) is 39.1 Å². The molecule has 0 spiro atoms. The van der Waals surface area contributed by atoms with E-state index >= 15 is 0 Å². The molecule has 5 nitrogen and oxygen atoms in total. The maximum absolute atomic E-state index is 11.8. The first-order chi connectivity index (χ1) is 10.1. The van der Waals surface area contributed by atoms with Crippen LogP contribution in [-0.4, -0.2) is 26.6 Å². The van der Waals surface area contributed by atoms with Crippen molar-refractivity contribution in [3.05, 3.63) is 29.5 Å². The summed E-state index contributed by atoms with van der Waals surface area (Å²) in [5.41, 5.74) is 1.84. The molecule has 0 radical (unpaired) electrons. The summed E-state index contributed by atoms with van der Waals surface area (Å²) < 4.78 is 11.1. The number of carbonyl (C=O) groups excluding carboxylic acids is 1. The van der Waals surface area contributed by atoms with E-state index in [-0.39, 0.29) is 11.9 Å². The summed E-state index contributed by atoms with van der Waals surface area (Å²) in [6, 6.07) is 5.55. The van der Waals surface area contributed by atoms with Crippen LogP contribution in [0.3, 0.4) is 0 Å². The van der Waals surface area contributed by atoms with E-state index in [1.165, 1.54) is 0 Å².